The minimum absolute atomic E-state index is 0.417. The molecule has 3 heteroatoms. The molecule has 0 bridgehead atoms. The molecule has 0 aromatic rings. The summed E-state index contributed by atoms with van der Waals surface area (Å²) in [6, 6.07) is 0. The molecule has 0 aliphatic carbocycles. The number of allylic oxidation sites excluding steroid dienone is 3. The standard InChI is InChI=1S/C7H13FN2/c1-4(6(3)9)5(2)7(8)10/h9-10H2,1-3H3/b6-4-,7-5-. The zero-order chi connectivity index (χ0) is 8.31. The molecule has 0 rings (SSSR count). The second-order valence-electron chi connectivity index (χ2n) is 2.28. The summed E-state index contributed by atoms with van der Waals surface area (Å²) in [5.74, 6) is -0.665. The van der Waals surface area contributed by atoms with Crippen molar-refractivity contribution in [1.82, 2.24) is 0 Å². The first-order valence-electron chi connectivity index (χ1n) is 3.02. The average molecular weight is 144 g/mol. The monoisotopic (exact) mass is 144 g/mol. The fourth-order valence-electron chi connectivity index (χ4n) is 0.475. The van der Waals surface area contributed by atoms with E-state index in [-0.39, 0.29) is 0 Å². The van der Waals surface area contributed by atoms with Crippen LogP contribution >= 0.6 is 0 Å². The summed E-state index contributed by atoms with van der Waals surface area (Å²) in [6.07, 6.45) is 0. The van der Waals surface area contributed by atoms with Crippen LogP contribution in [-0.4, -0.2) is 0 Å². The lowest BCUT2D eigenvalue weighted by Crippen LogP contribution is -2.01. The lowest BCUT2D eigenvalue weighted by molar-refractivity contribution is 0.615. The first-order chi connectivity index (χ1) is 4.46. The maximum atomic E-state index is 12.3. The third-order valence-corrected chi connectivity index (χ3v) is 1.51. The van der Waals surface area contributed by atoms with Gasteiger partial charge in [0.2, 0.25) is 0 Å². The van der Waals surface area contributed by atoms with Gasteiger partial charge in [0.15, 0.2) is 5.95 Å². The highest BCUT2D eigenvalue weighted by molar-refractivity contribution is 5.31. The van der Waals surface area contributed by atoms with Gasteiger partial charge in [-0.1, -0.05) is 0 Å². The maximum Gasteiger partial charge on any atom is 0.187 e. The quantitative estimate of drug-likeness (QED) is 0.431. The Morgan fingerprint density at radius 3 is 1.50 bits per heavy atom. The third kappa shape index (κ3) is 2.09. The van der Waals surface area contributed by atoms with Crippen LogP contribution in [-0.2, 0) is 0 Å². The number of rotatable bonds is 1. The first-order valence-corrected chi connectivity index (χ1v) is 3.02. The predicted molar refractivity (Wildman–Crippen MR) is 40.6 cm³/mol. The number of nitrogens with two attached hydrogens (primary N) is 2. The van der Waals surface area contributed by atoms with E-state index in [2.05, 4.69) is 0 Å². The molecular weight excluding hydrogens is 131 g/mol. The lowest BCUT2D eigenvalue weighted by atomic mass is 10.1. The van der Waals surface area contributed by atoms with E-state index in [0.717, 1.165) is 0 Å². The highest BCUT2D eigenvalue weighted by atomic mass is 19.1. The van der Waals surface area contributed by atoms with Crippen molar-refractivity contribution in [1.29, 1.82) is 0 Å². The molecule has 0 fully saturated rings. The summed E-state index contributed by atoms with van der Waals surface area (Å²) >= 11 is 0. The van der Waals surface area contributed by atoms with Crippen molar-refractivity contribution in [3.8, 4) is 0 Å². The largest absolute Gasteiger partial charge is 0.402 e. The Labute approximate surface area is 60.4 Å². The van der Waals surface area contributed by atoms with Crippen LogP contribution in [0.25, 0.3) is 0 Å². The van der Waals surface area contributed by atoms with E-state index in [9.17, 15) is 4.39 Å². The molecule has 0 aliphatic rings. The van der Waals surface area contributed by atoms with E-state index in [1.54, 1.807) is 20.8 Å². The van der Waals surface area contributed by atoms with Gasteiger partial charge < -0.3 is 11.5 Å². The van der Waals surface area contributed by atoms with Gasteiger partial charge in [-0.25, -0.2) is 0 Å². The van der Waals surface area contributed by atoms with Gasteiger partial charge in [0, 0.05) is 11.3 Å². The van der Waals surface area contributed by atoms with Gasteiger partial charge >= 0.3 is 0 Å². The summed E-state index contributed by atoms with van der Waals surface area (Å²) in [4.78, 5) is 0. The van der Waals surface area contributed by atoms with E-state index in [0.29, 0.717) is 16.8 Å². The average Bonchev–Trinajstić information content (AvgIpc) is 1.84. The molecule has 0 radical (unpaired) electrons. The summed E-state index contributed by atoms with van der Waals surface area (Å²) in [7, 11) is 0. The molecule has 2 nitrogen and oxygen atoms in total. The van der Waals surface area contributed by atoms with E-state index < -0.39 is 5.95 Å². The van der Waals surface area contributed by atoms with Crippen molar-refractivity contribution in [2.24, 2.45) is 11.5 Å². The topological polar surface area (TPSA) is 52.0 Å². The van der Waals surface area contributed by atoms with Crippen molar-refractivity contribution < 1.29 is 4.39 Å². The molecule has 10 heavy (non-hydrogen) atoms. The molecule has 58 valence electrons. The minimum atomic E-state index is -0.665. The highest BCUT2D eigenvalue weighted by Crippen LogP contribution is 2.12. The van der Waals surface area contributed by atoms with Crippen molar-refractivity contribution in [3.05, 3.63) is 22.8 Å². The molecule has 0 aromatic heterocycles. The fourth-order valence-corrected chi connectivity index (χ4v) is 0.475. The second kappa shape index (κ2) is 3.25. The van der Waals surface area contributed by atoms with Gasteiger partial charge in [0.05, 0.1) is 0 Å². The normalized spacial score (nSPS) is 16.0. The van der Waals surface area contributed by atoms with Gasteiger partial charge in [-0.15, -0.1) is 0 Å². The number of hydrogen-bond acceptors (Lipinski definition) is 2. The second-order valence-corrected chi connectivity index (χ2v) is 2.28. The number of halogens is 1. The zero-order valence-corrected chi connectivity index (χ0v) is 6.53. The summed E-state index contributed by atoms with van der Waals surface area (Å²) < 4.78 is 12.3. The Kier molecular flexibility index (Phi) is 2.93. The zero-order valence-electron chi connectivity index (χ0n) is 6.53. The van der Waals surface area contributed by atoms with Crippen LogP contribution in [0.2, 0.25) is 0 Å². The van der Waals surface area contributed by atoms with Crippen LogP contribution in [0, 0.1) is 0 Å². The first kappa shape index (κ1) is 9.01. The molecule has 0 unspecified atom stereocenters. The fraction of sp³-hybridized carbons (Fsp3) is 0.429. The van der Waals surface area contributed by atoms with Crippen LogP contribution in [0.15, 0.2) is 22.8 Å². The molecule has 0 atom stereocenters. The molecule has 0 amide bonds. The van der Waals surface area contributed by atoms with Crippen LogP contribution < -0.4 is 11.5 Å². The van der Waals surface area contributed by atoms with Crippen LogP contribution in [0.3, 0.4) is 0 Å². The van der Waals surface area contributed by atoms with Gasteiger partial charge in [0.25, 0.3) is 0 Å². The predicted octanol–water partition coefficient (Wildman–Crippen LogP) is 1.40. The van der Waals surface area contributed by atoms with Crippen molar-refractivity contribution in [3.63, 3.8) is 0 Å². The smallest absolute Gasteiger partial charge is 0.187 e. The SMILES string of the molecule is C/C(N)=C(C)/C(C)=C(\N)F. The van der Waals surface area contributed by atoms with E-state index in [1.165, 1.54) is 0 Å². The minimum Gasteiger partial charge on any atom is -0.402 e. The van der Waals surface area contributed by atoms with Crippen LogP contribution in [0.1, 0.15) is 20.8 Å². The van der Waals surface area contributed by atoms with Crippen LogP contribution in [0.4, 0.5) is 4.39 Å². The summed E-state index contributed by atoms with van der Waals surface area (Å²) in [6.45, 7) is 5.04. The van der Waals surface area contributed by atoms with E-state index in [4.69, 9.17) is 11.5 Å². The highest BCUT2D eigenvalue weighted by Gasteiger charge is 2.00. The Morgan fingerprint density at radius 2 is 1.40 bits per heavy atom. The number of hydrogen-bond donors (Lipinski definition) is 2. The molecule has 0 saturated carbocycles. The van der Waals surface area contributed by atoms with Crippen molar-refractivity contribution >= 4 is 0 Å². The molecule has 0 saturated heterocycles. The Hall–Kier alpha value is -0.990. The third-order valence-electron chi connectivity index (χ3n) is 1.51. The van der Waals surface area contributed by atoms with Crippen molar-refractivity contribution in [2.75, 3.05) is 0 Å². The van der Waals surface area contributed by atoms with Crippen molar-refractivity contribution in [2.45, 2.75) is 20.8 Å². The molecule has 4 N–H and O–H groups in total. The molecular formula is C7H13FN2. The van der Waals surface area contributed by atoms with E-state index >= 15 is 0 Å². The van der Waals surface area contributed by atoms with E-state index in [1.807, 2.05) is 0 Å². The molecule has 0 aliphatic heterocycles. The van der Waals surface area contributed by atoms with Gasteiger partial charge in [-0.05, 0) is 26.3 Å². The molecule has 0 spiro atoms. The van der Waals surface area contributed by atoms with Gasteiger partial charge in [-0.3, -0.25) is 0 Å². The Bertz CT molecular complexity index is 162. The summed E-state index contributed by atoms with van der Waals surface area (Å²) in [5.41, 5.74) is 12.0. The Morgan fingerprint density at radius 1 is 1.00 bits per heavy atom. The van der Waals surface area contributed by atoms with Crippen LogP contribution in [0.5, 0.6) is 0 Å². The molecule has 0 aromatic carbocycles. The lowest BCUT2D eigenvalue weighted by Gasteiger charge is -2.02. The van der Waals surface area contributed by atoms with Gasteiger partial charge in [-0.2, -0.15) is 4.39 Å². The summed E-state index contributed by atoms with van der Waals surface area (Å²) in [5, 5.41) is 0. The molecule has 0 heterocycles. The Balaban J connectivity index is 4.71. The van der Waals surface area contributed by atoms with Gasteiger partial charge in [0.1, 0.15) is 0 Å². The maximum absolute atomic E-state index is 12.3.